The van der Waals surface area contributed by atoms with Gasteiger partial charge in [-0.05, 0) is 26.9 Å². The monoisotopic (exact) mass is 627 g/mol. The second kappa shape index (κ2) is 11.0. The summed E-state index contributed by atoms with van der Waals surface area (Å²) in [5.41, 5.74) is 1.54. The highest BCUT2D eigenvalue weighted by Crippen LogP contribution is 2.47. The van der Waals surface area contributed by atoms with Gasteiger partial charge in [0.2, 0.25) is 5.91 Å². The summed E-state index contributed by atoms with van der Waals surface area (Å²) in [5.74, 6) is -0.849. The molecule has 234 valence electrons. The highest BCUT2D eigenvalue weighted by atomic mass is 16.6. The summed E-state index contributed by atoms with van der Waals surface area (Å²) in [6.07, 6.45) is 1.31. The predicted octanol–water partition coefficient (Wildman–Crippen LogP) is 6.34. The summed E-state index contributed by atoms with van der Waals surface area (Å²) in [7, 11) is 0. The van der Waals surface area contributed by atoms with Gasteiger partial charge in [0.25, 0.3) is 0 Å². The molecule has 0 spiro atoms. The van der Waals surface area contributed by atoms with Crippen molar-refractivity contribution < 1.29 is 28.6 Å². The molecule has 1 aliphatic heterocycles. The van der Waals surface area contributed by atoms with E-state index in [9.17, 15) is 14.4 Å². The van der Waals surface area contributed by atoms with Crippen LogP contribution in [0.2, 0.25) is 0 Å². The maximum Gasteiger partial charge on any atom is 0.303 e. The molecule has 1 aliphatic rings. The SMILES string of the molecule is CC(=O)OC[C@H]1O[C@@H](n2cnc3c(N(C(C)=O)c4c5ccccc5c5ccc6cccc7ccc4c5c76)ncnc32)C[C@@H]1OC(C)=O. The van der Waals surface area contributed by atoms with Crippen molar-refractivity contribution in [3.8, 4) is 0 Å². The molecule has 1 amide bonds. The molecular weight excluding hydrogens is 598 g/mol. The molecule has 5 aromatic carbocycles. The van der Waals surface area contributed by atoms with Crippen LogP contribution in [0.4, 0.5) is 11.5 Å². The van der Waals surface area contributed by atoms with Gasteiger partial charge in [-0.1, -0.05) is 66.7 Å². The zero-order valence-corrected chi connectivity index (χ0v) is 25.8. The fourth-order valence-corrected chi connectivity index (χ4v) is 7.00. The number of benzene rings is 5. The van der Waals surface area contributed by atoms with Crippen LogP contribution in [0.3, 0.4) is 0 Å². The average Bonchev–Trinajstić information content (AvgIpc) is 3.67. The quantitative estimate of drug-likeness (QED) is 0.118. The number of ether oxygens (including phenoxy) is 3. The first-order chi connectivity index (χ1) is 22.8. The predicted molar refractivity (Wildman–Crippen MR) is 177 cm³/mol. The van der Waals surface area contributed by atoms with Gasteiger partial charge < -0.3 is 14.2 Å². The molecule has 0 N–H and O–H groups in total. The van der Waals surface area contributed by atoms with Crippen molar-refractivity contribution in [2.24, 2.45) is 0 Å². The molecule has 3 heterocycles. The van der Waals surface area contributed by atoms with E-state index >= 15 is 0 Å². The van der Waals surface area contributed by atoms with Crippen LogP contribution in [0.25, 0.3) is 54.3 Å². The van der Waals surface area contributed by atoms with Crippen LogP contribution < -0.4 is 4.90 Å². The summed E-state index contributed by atoms with van der Waals surface area (Å²) in [4.78, 5) is 52.6. The van der Waals surface area contributed by atoms with E-state index in [1.165, 1.54) is 27.1 Å². The second-order valence-corrected chi connectivity index (χ2v) is 11.8. The first-order valence-corrected chi connectivity index (χ1v) is 15.3. The van der Waals surface area contributed by atoms with Gasteiger partial charge in [-0.2, -0.15) is 0 Å². The third-order valence-corrected chi connectivity index (χ3v) is 8.85. The normalized spacial score (nSPS) is 18.1. The van der Waals surface area contributed by atoms with Crippen LogP contribution in [0.1, 0.15) is 33.4 Å². The van der Waals surface area contributed by atoms with Crippen molar-refractivity contribution in [1.29, 1.82) is 0 Å². The molecule has 0 saturated carbocycles. The van der Waals surface area contributed by atoms with Crippen LogP contribution in [0, 0.1) is 0 Å². The van der Waals surface area contributed by atoms with Crippen LogP contribution in [0.15, 0.2) is 79.4 Å². The lowest BCUT2D eigenvalue weighted by atomic mass is 9.89. The molecular formula is C36H29N5O6. The number of amides is 1. The molecule has 0 bridgehead atoms. The van der Waals surface area contributed by atoms with Crippen molar-refractivity contribution >= 4 is 83.6 Å². The fraction of sp³-hybridized carbons (Fsp3) is 0.222. The zero-order chi connectivity index (χ0) is 32.4. The Morgan fingerprint density at radius 3 is 2.30 bits per heavy atom. The minimum atomic E-state index is -0.677. The van der Waals surface area contributed by atoms with Gasteiger partial charge in [-0.25, -0.2) is 15.0 Å². The Morgan fingerprint density at radius 1 is 0.830 bits per heavy atom. The Bertz CT molecular complexity index is 2370. The summed E-state index contributed by atoms with van der Waals surface area (Å²) in [5, 5.41) is 8.39. The average molecular weight is 628 g/mol. The Kier molecular flexibility index (Phi) is 6.73. The number of fused-ring (bicyclic) bond motifs is 3. The van der Waals surface area contributed by atoms with Crippen molar-refractivity contribution in [2.75, 3.05) is 11.5 Å². The minimum Gasteiger partial charge on any atom is -0.463 e. The molecule has 11 heteroatoms. The standard InChI is InChI=1S/C36H29N5O6/c1-19(42)41(34-26-10-5-4-9-24(26)25-13-11-22-7-6-8-23-12-14-27(34)32(25)31(22)23)36-33-35(37-17-38-36)40(18-39-33)30-15-28(46-21(3)44)29(47-30)16-45-20(2)43/h4-14,17-18,28-30H,15-16H2,1-3H3/t28-,29+,30+/m0/s1. The summed E-state index contributed by atoms with van der Waals surface area (Å²) in [6, 6.07) is 22.8. The molecule has 2 aromatic heterocycles. The summed E-state index contributed by atoms with van der Waals surface area (Å²) in [6.45, 7) is 4.07. The van der Waals surface area contributed by atoms with Gasteiger partial charge in [0, 0.05) is 43.4 Å². The number of imidazole rings is 1. The molecule has 8 rings (SSSR count). The molecule has 47 heavy (non-hydrogen) atoms. The second-order valence-electron chi connectivity index (χ2n) is 11.8. The van der Waals surface area contributed by atoms with Crippen LogP contribution in [-0.4, -0.2) is 56.2 Å². The van der Waals surface area contributed by atoms with Crippen LogP contribution in [-0.2, 0) is 28.6 Å². The lowest BCUT2D eigenvalue weighted by molar-refractivity contribution is -0.155. The fourth-order valence-electron chi connectivity index (χ4n) is 7.00. The van der Waals surface area contributed by atoms with Gasteiger partial charge >= 0.3 is 11.9 Å². The first-order valence-electron chi connectivity index (χ1n) is 15.3. The topological polar surface area (TPSA) is 126 Å². The number of carbonyl (C=O) groups is 3. The number of aromatic nitrogens is 4. The lowest BCUT2D eigenvalue weighted by Crippen LogP contribution is -2.31. The van der Waals surface area contributed by atoms with Crippen LogP contribution >= 0.6 is 0 Å². The number of carbonyl (C=O) groups excluding carboxylic acids is 3. The first kappa shape index (κ1) is 28.8. The minimum absolute atomic E-state index is 0.0729. The third-order valence-electron chi connectivity index (χ3n) is 8.85. The van der Waals surface area contributed by atoms with E-state index in [-0.39, 0.29) is 18.9 Å². The number of rotatable bonds is 6. The Labute approximate surface area is 268 Å². The van der Waals surface area contributed by atoms with Crippen molar-refractivity contribution in [2.45, 2.75) is 45.6 Å². The van der Waals surface area contributed by atoms with E-state index in [0.29, 0.717) is 22.7 Å². The number of hydrogen-bond acceptors (Lipinski definition) is 9. The largest absolute Gasteiger partial charge is 0.463 e. The van der Waals surface area contributed by atoms with Gasteiger partial charge in [-0.3, -0.25) is 23.9 Å². The maximum atomic E-state index is 13.8. The van der Waals surface area contributed by atoms with Crippen molar-refractivity contribution in [1.82, 2.24) is 19.5 Å². The molecule has 3 atom stereocenters. The number of hydrogen-bond donors (Lipinski definition) is 0. The maximum absolute atomic E-state index is 13.8. The van der Waals surface area contributed by atoms with E-state index in [2.05, 4.69) is 63.5 Å². The number of nitrogens with zero attached hydrogens (tertiary/aromatic N) is 5. The van der Waals surface area contributed by atoms with Crippen LogP contribution in [0.5, 0.6) is 0 Å². The van der Waals surface area contributed by atoms with Crippen molar-refractivity contribution in [3.63, 3.8) is 0 Å². The number of anilines is 2. The van der Waals surface area contributed by atoms with E-state index < -0.39 is 30.4 Å². The smallest absolute Gasteiger partial charge is 0.303 e. The van der Waals surface area contributed by atoms with E-state index in [4.69, 9.17) is 14.2 Å². The number of esters is 2. The lowest BCUT2D eigenvalue weighted by Gasteiger charge is -2.26. The highest BCUT2D eigenvalue weighted by molar-refractivity contribution is 6.34. The molecule has 1 saturated heterocycles. The molecule has 0 unspecified atom stereocenters. The molecule has 1 fully saturated rings. The Hall–Kier alpha value is -5.68. The Balaban J connectivity index is 1.30. The summed E-state index contributed by atoms with van der Waals surface area (Å²) >= 11 is 0. The van der Waals surface area contributed by atoms with E-state index in [0.717, 1.165) is 43.1 Å². The zero-order valence-electron chi connectivity index (χ0n) is 25.8. The molecule has 0 aliphatic carbocycles. The highest BCUT2D eigenvalue weighted by Gasteiger charge is 2.40. The summed E-state index contributed by atoms with van der Waals surface area (Å²) < 4.78 is 18.6. The molecule has 0 radical (unpaired) electrons. The van der Waals surface area contributed by atoms with Gasteiger partial charge in [0.05, 0.1) is 12.0 Å². The van der Waals surface area contributed by atoms with Crippen molar-refractivity contribution in [3.05, 3.63) is 79.4 Å². The molecule has 11 nitrogen and oxygen atoms in total. The molecule has 7 aromatic rings. The third kappa shape index (κ3) is 4.61. The van der Waals surface area contributed by atoms with Gasteiger partial charge in [0.15, 0.2) is 17.0 Å². The Morgan fingerprint density at radius 2 is 1.57 bits per heavy atom. The van der Waals surface area contributed by atoms with Gasteiger partial charge in [0.1, 0.15) is 31.4 Å². The van der Waals surface area contributed by atoms with E-state index in [1.807, 2.05) is 18.2 Å². The van der Waals surface area contributed by atoms with Gasteiger partial charge in [-0.15, -0.1) is 0 Å². The van der Waals surface area contributed by atoms with E-state index in [1.54, 1.807) is 15.8 Å².